The number of rotatable bonds is 4. The average molecular weight is 314 g/mol. The van der Waals surface area contributed by atoms with E-state index in [1.54, 1.807) is 24.3 Å². The fraction of sp³-hybridized carbons (Fsp3) is 0.312. The van der Waals surface area contributed by atoms with Crippen molar-refractivity contribution in [3.63, 3.8) is 0 Å². The van der Waals surface area contributed by atoms with E-state index in [1.165, 1.54) is 0 Å². The first-order chi connectivity index (χ1) is 10.6. The maximum absolute atomic E-state index is 12.5. The molecule has 0 heterocycles. The molecule has 2 N–H and O–H groups in total. The Balaban J connectivity index is 1.73. The van der Waals surface area contributed by atoms with Gasteiger partial charge in [-0.2, -0.15) is 5.26 Å². The standard InChI is InChI=1S/C16H14N2O3S/c17-8-22-12-5-3-11(4-6-12)18-15(19)13-9-1-2-10(7-9)14(13)16(20)21/h1-6,9-10,13-14H,7H2,(H,18,19)(H,20,21). The fourth-order valence-electron chi connectivity index (χ4n) is 3.40. The smallest absolute Gasteiger partial charge is 0.307 e. The Morgan fingerprint density at radius 1 is 1.18 bits per heavy atom. The minimum absolute atomic E-state index is 0.0134. The van der Waals surface area contributed by atoms with Crippen molar-refractivity contribution in [1.82, 2.24) is 0 Å². The predicted octanol–water partition coefficient (Wildman–Crippen LogP) is 2.72. The molecule has 1 saturated carbocycles. The highest BCUT2D eigenvalue weighted by molar-refractivity contribution is 8.03. The molecule has 4 unspecified atom stereocenters. The van der Waals surface area contributed by atoms with Crippen molar-refractivity contribution < 1.29 is 14.7 Å². The first-order valence-electron chi connectivity index (χ1n) is 6.98. The van der Waals surface area contributed by atoms with Gasteiger partial charge in [0.1, 0.15) is 5.40 Å². The van der Waals surface area contributed by atoms with Gasteiger partial charge in [0, 0.05) is 10.6 Å². The molecular weight excluding hydrogens is 300 g/mol. The molecule has 22 heavy (non-hydrogen) atoms. The summed E-state index contributed by atoms with van der Waals surface area (Å²) in [7, 11) is 0. The number of carbonyl (C=O) groups excluding carboxylic acids is 1. The normalized spacial score (nSPS) is 28.3. The van der Waals surface area contributed by atoms with E-state index in [0.717, 1.165) is 23.1 Å². The summed E-state index contributed by atoms with van der Waals surface area (Å²) >= 11 is 1.05. The number of nitrogens with zero attached hydrogens (tertiary/aromatic N) is 1. The lowest BCUT2D eigenvalue weighted by Crippen LogP contribution is -2.36. The second kappa shape index (κ2) is 5.85. The molecular formula is C16H14N2O3S. The van der Waals surface area contributed by atoms with Crippen molar-refractivity contribution in [2.24, 2.45) is 23.7 Å². The van der Waals surface area contributed by atoms with Crippen LogP contribution in [0.1, 0.15) is 6.42 Å². The van der Waals surface area contributed by atoms with Crippen LogP contribution in [0.4, 0.5) is 5.69 Å². The summed E-state index contributed by atoms with van der Waals surface area (Å²) in [4.78, 5) is 24.7. The van der Waals surface area contributed by atoms with Gasteiger partial charge in [-0.3, -0.25) is 9.59 Å². The van der Waals surface area contributed by atoms with Crippen molar-refractivity contribution in [3.05, 3.63) is 36.4 Å². The molecule has 1 aromatic carbocycles. The third-order valence-corrected chi connectivity index (χ3v) is 4.93. The number of benzene rings is 1. The molecule has 4 atom stereocenters. The Kier molecular flexibility index (Phi) is 3.90. The summed E-state index contributed by atoms with van der Waals surface area (Å²) in [6.45, 7) is 0. The molecule has 2 aliphatic rings. The highest BCUT2D eigenvalue weighted by atomic mass is 32.2. The molecule has 0 radical (unpaired) electrons. The van der Waals surface area contributed by atoms with Gasteiger partial charge in [-0.25, -0.2) is 0 Å². The lowest BCUT2D eigenvalue weighted by molar-refractivity contribution is -0.146. The minimum atomic E-state index is -0.905. The van der Waals surface area contributed by atoms with E-state index in [0.29, 0.717) is 5.69 Å². The molecule has 2 bridgehead atoms. The summed E-state index contributed by atoms with van der Waals surface area (Å²) in [5.41, 5.74) is 0.614. The van der Waals surface area contributed by atoms with Crippen LogP contribution in [0, 0.1) is 34.3 Å². The summed E-state index contributed by atoms with van der Waals surface area (Å²) in [5, 5.41) is 22.7. The minimum Gasteiger partial charge on any atom is -0.481 e. The lowest BCUT2D eigenvalue weighted by atomic mass is 9.82. The Labute approximate surface area is 132 Å². The van der Waals surface area contributed by atoms with Gasteiger partial charge in [-0.1, -0.05) is 12.2 Å². The number of allylic oxidation sites excluding steroid dienone is 2. The Bertz CT molecular complexity index is 678. The molecule has 0 saturated heterocycles. The third-order valence-electron chi connectivity index (χ3n) is 4.33. The van der Waals surface area contributed by atoms with E-state index in [4.69, 9.17) is 5.26 Å². The first-order valence-corrected chi connectivity index (χ1v) is 7.80. The topological polar surface area (TPSA) is 90.2 Å². The first kappa shape index (κ1) is 14.7. The number of carbonyl (C=O) groups is 2. The SMILES string of the molecule is N#CSc1ccc(NC(=O)C2C3C=CC(C3)C2C(=O)O)cc1. The number of fused-ring (bicyclic) bond motifs is 2. The molecule has 1 aromatic rings. The molecule has 112 valence electrons. The van der Waals surface area contributed by atoms with Gasteiger partial charge >= 0.3 is 5.97 Å². The van der Waals surface area contributed by atoms with Crippen molar-refractivity contribution in [1.29, 1.82) is 5.26 Å². The van der Waals surface area contributed by atoms with Crippen molar-refractivity contribution in [2.45, 2.75) is 11.3 Å². The van der Waals surface area contributed by atoms with E-state index in [9.17, 15) is 14.7 Å². The van der Waals surface area contributed by atoms with Gasteiger partial charge in [-0.05, 0) is 54.3 Å². The van der Waals surface area contributed by atoms with Crippen molar-refractivity contribution in [2.75, 3.05) is 5.32 Å². The molecule has 1 amide bonds. The van der Waals surface area contributed by atoms with Crippen molar-refractivity contribution in [3.8, 4) is 5.40 Å². The third kappa shape index (κ3) is 2.60. The highest BCUT2D eigenvalue weighted by Crippen LogP contribution is 2.48. The number of hydrogen-bond acceptors (Lipinski definition) is 4. The molecule has 2 aliphatic carbocycles. The number of carboxylic acid groups (broad SMARTS) is 1. The number of amides is 1. The number of anilines is 1. The van der Waals surface area contributed by atoms with Gasteiger partial charge in [0.05, 0.1) is 11.8 Å². The van der Waals surface area contributed by atoms with E-state index in [-0.39, 0.29) is 17.7 Å². The van der Waals surface area contributed by atoms with Crippen LogP contribution in [-0.4, -0.2) is 17.0 Å². The van der Waals surface area contributed by atoms with Crippen LogP contribution in [0.15, 0.2) is 41.3 Å². The zero-order chi connectivity index (χ0) is 15.7. The molecule has 1 fully saturated rings. The summed E-state index contributed by atoms with van der Waals surface area (Å²) in [5.74, 6) is -2.32. The Morgan fingerprint density at radius 2 is 1.82 bits per heavy atom. The van der Waals surface area contributed by atoms with Crippen LogP contribution in [0.3, 0.4) is 0 Å². The Hall–Kier alpha value is -2.26. The highest BCUT2D eigenvalue weighted by Gasteiger charge is 2.51. The lowest BCUT2D eigenvalue weighted by Gasteiger charge is -2.23. The molecule has 0 aliphatic heterocycles. The van der Waals surface area contributed by atoms with Crippen LogP contribution < -0.4 is 5.32 Å². The predicted molar refractivity (Wildman–Crippen MR) is 81.9 cm³/mol. The van der Waals surface area contributed by atoms with E-state index in [1.807, 2.05) is 17.6 Å². The van der Waals surface area contributed by atoms with E-state index < -0.39 is 17.8 Å². The van der Waals surface area contributed by atoms with Crippen LogP contribution >= 0.6 is 11.8 Å². The monoisotopic (exact) mass is 314 g/mol. The van der Waals surface area contributed by atoms with Crippen LogP contribution in [-0.2, 0) is 9.59 Å². The molecule has 3 rings (SSSR count). The summed E-state index contributed by atoms with van der Waals surface area (Å²) in [6, 6.07) is 6.94. The number of carboxylic acids is 1. The van der Waals surface area contributed by atoms with E-state index in [2.05, 4.69) is 5.32 Å². The van der Waals surface area contributed by atoms with Gasteiger partial charge < -0.3 is 10.4 Å². The van der Waals surface area contributed by atoms with Crippen LogP contribution in [0.25, 0.3) is 0 Å². The van der Waals surface area contributed by atoms with E-state index >= 15 is 0 Å². The fourth-order valence-corrected chi connectivity index (χ4v) is 3.78. The summed E-state index contributed by atoms with van der Waals surface area (Å²) in [6.07, 6.45) is 4.62. The number of thiocyanates is 1. The quantitative estimate of drug-likeness (QED) is 0.506. The number of hydrogen-bond donors (Lipinski definition) is 2. The van der Waals surface area contributed by atoms with Gasteiger partial charge in [0.15, 0.2) is 0 Å². The largest absolute Gasteiger partial charge is 0.481 e. The summed E-state index contributed by atoms with van der Waals surface area (Å²) < 4.78 is 0. The molecule has 0 aromatic heterocycles. The maximum atomic E-state index is 12.5. The zero-order valence-corrected chi connectivity index (χ0v) is 12.4. The zero-order valence-electron chi connectivity index (χ0n) is 11.6. The number of nitrogens with one attached hydrogen (secondary N) is 1. The van der Waals surface area contributed by atoms with Crippen LogP contribution in [0.2, 0.25) is 0 Å². The number of aliphatic carboxylic acids is 1. The molecule has 5 nitrogen and oxygen atoms in total. The molecule has 6 heteroatoms. The second-order valence-corrected chi connectivity index (χ2v) is 6.40. The average Bonchev–Trinajstić information content (AvgIpc) is 3.10. The van der Waals surface area contributed by atoms with Gasteiger partial charge in [-0.15, -0.1) is 0 Å². The number of thioether (sulfide) groups is 1. The Morgan fingerprint density at radius 3 is 2.41 bits per heavy atom. The van der Waals surface area contributed by atoms with Gasteiger partial charge in [0.25, 0.3) is 0 Å². The second-order valence-electron chi connectivity index (χ2n) is 5.55. The van der Waals surface area contributed by atoms with Crippen LogP contribution in [0.5, 0.6) is 0 Å². The number of nitriles is 1. The maximum Gasteiger partial charge on any atom is 0.307 e. The van der Waals surface area contributed by atoms with Gasteiger partial charge in [0.2, 0.25) is 5.91 Å². The van der Waals surface area contributed by atoms with Crippen molar-refractivity contribution >= 4 is 29.3 Å². The molecule has 0 spiro atoms.